The van der Waals surface area contributed by atoms with Crippen molar-refractivity contribution in [2.75, 3.05) is 0 Å². The van der Waals surface area contributed by atoms with Gasteiger partial charge < -0.3 is 9.63 Å². The molecule has 0 fully saturated rings. The first-order chi connectivity index (χ1) is 7.96. The minimum absolute atomic E-state index is 0.130. The third-order valence-corrected chi connectivity index (χ3v) is 1.96. The van der Waals surface area contributed by atoms with E-state index in [0.29, 0.717) is 0 Å². The van der Waals surface area contributed by atoms with Crippen molar-refractivity contribution < 1.29 is 22.8 Å². The van der Waals surface area contributed by atoms with E-state index in [0.717, 1.165) is 0 Å². The van der Waals surface area contributed by atoms with Crippen LogP contribution in [0.1, 0.15) is 5.82 Å². The molecule has 0 spiro atoms. The summed E-state index contributed by atoms with van der Waals surface area (Å²) in [7, 11) is 0. The molecule has 17 heavy (non-hydrogen) atoms. The van der Waals surface area contributed by atoms with Crippen molar-refractivity contribution in [1.82, 2.24) is 10.1 Å². The van der Waals surface area contributed by atoms with E-state index >= 15 is 0 Å². The van der Waals surface area contributed by atoms with Crippen LogP contribution in [0.2, 0.25) is 0 Å². The maximum absolute atomic E-state index is 12.1. The third-order valence-electron chi connectivity index (χ3n) is 1.96. The van der Waals surface area contributed by atoms with Crippen LogP contribution in [0.15, 0.2) is 28.8 Å². The Hall–Kier alpha value is -2.05. The van der Waals surface area contributed by atoms with Crippen LogP contribution in [-0.4, -0.2) is 21.4 Å². The number of hydrogen-bond acceptors (Lipinski definition) is 4. The van der Waals surface area contributed by atoms with Gasteiger partial charge in [-0.2, -0.15) is 18.2 Å². The summed E-state index contributed by atoms with van der Waals surface area (Å²) in [5.41, 5.74) is 0.202. The van der Waals surface area contributed by atoms with Gasteiger partial charge in [-0.3, -0.25) is 0 Å². The molecule has 2 rings (SSSR count). The lowest BCUT2D eigenvalue weighted by atomic mass is 10.2. The summed E-state index contributed by atoms with van der Waals surface area (Å²) in [4.78, 5) is 3.57. The Bertz CT molecular complexity index is 522. The zero-order valence-electron chi connectivity index (χ0n) is 8.40. The van der Waals surface area contributed by atoms with Gasteiger partial charge in [0.1, 0.15) is 12.2 Å². The van der Waals surface area contributed by atoms with Crippen molar-refractivity contribution in [2.45, 2.75) is 12.6 Å². The van der Waals surface area contributed by atoms with Crippen molar-refractivity contribution in [3.05, 3.63) is 30.1 Å². The van der Waals surface area contributed by atoms with Gasteiger partial charge in [-0.1, -0.05) is 17.3 Å². The topological polar surface area (TPSA) is 59.2 Å². The first-order valence-corrected chi connectivity index (χ1v) is 4.63. The lowest BCUT2D eigenvalue weighted by Gasteiger charge is -2.00. The van der Waals surface area contributed by atoms with E-state index in [-0.39, 0.29) is 17.2 Å². The number of rotatable bonds is 2. The number of benzene rings is 1. The SMILES string of the molecule is Oc1ccccc1-c1nc(CC(F)(F)F)no1. The molecule has 0 saturated heterocycles. The first kappa shape index (κ1) is 11.4. The molecular formula is C10H7F3N2O2. The number of aromatic nitrogens is 2. The molecule has 0 atom stereocenters. The number of nitrogens with zero attached hydrogens (tertiary/aromatic N) is 2. The second-order valence-corrected chi connectivity index (χ2v) is 3.32. The minimum atomic E-state index is -4.39. The van der Waals surface area contributed by atoms with Gasteiger partial charge in [0.15, 0.2) is 5.82 Å². The van der Waals surface area contributed by atoms with Crippen LogP contribution in [0.3, 0.4) is 0 Å². The van der Waals surface area contributed by atoms with Crippen LogP contribution in [-0.2, 0) is 6.42 Å². The molecule has 1 N–H and O–H groups in total. The summed E-state index contributed by atoms with van der Waals surface area (Å²) in [6.07, 6.45) is -5.65. The Labute approximate surface area is 93.7 Å². The van der Waals surface area contributed by atoms with Gasteiger partial charge in [0.25, 0.3) is 5.89 Å². The maximum Gasteiger partial charge on any atom is 0.396 e. The van der Waals surface area contributed by atoms with Gasteiger partial charge in [0.2, 0.25) is 0 Å². The van der Waals surface area contributed by atoms with Gasteiger partial charge in [0.05, 0.1) is 5.56 Å². The molecule has 0 bridgehead atoms. The number of hydrogen-bond donors (Lipinski definition) is 1. The second-order valence-electron chi connectivity index (χ2n) is 3.32. The second kappa shape index (κ2) is 4.08. The van der Waals surface area contributed by atoms with E-state index in [1.807, 2.05) is 0 Å². The smallest absolute Gasteiger partial charge is 0.396 e. The summed E-state index contributed by atoms with van der Waals surface area (Å²) >= 11 is 0. The first-order valence-electron chi connectivity index (χ1n) is 4.63. The van der Waals surface area contributed by atoms with Gasteiger partial charge in [-0.05, 0) is 12.1 Å². The van der Waals surface area contributed by atoms with Crippen molar-refractivity contribution in [3.8, 4) is 17.2 Å². The van der Waals surface area contributed by atoms with E-state index in [2.05, 4.69) is 14.7 Å². The molecule has 7 heteroatoms. The Balaban J connectivity index is 2.28. The highest BCUT2D eigenvalue weighted by Gasteiger charge is 2.30. The predicted octanol–water partition coefficient (Wildman–Crippen LogP) is 2.55. The molecule has 1 aromatic carbocycles. The lowest BCUT2D eigenvalue weighted by Crippen LogP contribution is -2.12. The average molecular weight is 244 g/mol. The summed E-state index contributed by atoms with van der Waals surface area (Å²) in [5, 5.41) is 12.7. The minimum Gasteiger partial charge on any atom is -0.507 e. The third kappa shape index (κ3) is 2.74. The molecule has 0 saturated carbocycles. The zero-order chi connectivity index (χ0) is 12.5. The van der Waals surface area contributed by atoms with E-state index in [1.165, 1.54) is 12.1 Å². The average Bonchev–Trinajstić information content (AvgIpc) is 2.64. The van der Waals surface area contributed by atoms with Crippen LogP contribution in [0, 0.1) is 0 Å². The number of phenolic OH excluding ortho intramolecular Hbond substituents is 1. The van der Waals surface area contributed by atoms with E-state index in [1.54, 1.807) is 12.1 Å². The summed E-state index contributed by atoms with van der Waals surface area (Å²) < 4.78 is 40.8. The van der Waals surface area contributed by atoms with Crippen LogP contribution >= 0.6 is 0 Å². The summed E-state index contributed by atoms with van der Waals surface area (Å²) in [6, 6.07) is 6.03. The fraction of sp³-hybridized carbons (Fsp3) is 0.200. The molecule has 1 heterocycles. The Morgan fingerprint density at radius 1 is 1.24 bits per heavy atom. The highest BCUT2D eigenvalue weighted by Crippen LogP contribution is 2.28. The molecule has 0 radical (unpaired) electrons. The van der Waals surface area contributed by atoms with Gasteiger partial charge in [-0.15, -0.1) is 0 Å². The highest BCUT2D eigenvalue weighted by molar-refractivity contribution is 5.61. The van der Waals surface area contributed by atoms with Gasteiger partial charge in [-0.25, -0.2) is 0 Å². The standard InChI is InChI=1S/C10H7F3N2O2/c11-10(12,13)5-8-14-9(17-15-8)6-3-1-2-4-7(6)16/h1-4,16H,5H2. The van der Waals surface area contributed by atoms with E-state index in [4.69, 9.17) is 0 Å². The largest absolute Gasteiger partial charge is 0.507 e. The predicted molar refractivity (Wildman–Crippen MR) is 51.2 cm³/mol. The number of phenols is 1. The van der Waals surface area contributed by atoms with Crippen LogP contribution < -0.4 is 0 Å². The molecule has 2 aromatic rings. The van der Waals surface area contributed by atoms with E-state index in [9.17, 15) is 18.3 Å². The van der Waals surface area contributed by atoms with E-state index < -0.39 is 18.4 Å². The zero-order valence-corrected chi connectivity index (χ0v) is 8.40. The molecule has 0 aliphatic rings. The molecule has 1 aromatic heterocycles. The van der Waals surface area contributed by atoms with Crippen LogP contribution in [0.25, 0.3) is 11.5 Å². The number of para-hydroxylation sites is 1. The number of aromatic hydroxyl groups is 1. The summed E-state index contributed by atoms with van der Waals surface area (Å²) in [6.45, 7) is 0. The molecule has 0 aliphatic heterocycles. The summed E-state index contributed by atoms with van der Waals surface area (Å²) in [5.74, 6) is -0.729. The fourth-order valence-corrected chi connectivity index (χ4v) is 1.27. The molecule has 4 nitrogen and oxygen atoms in total. The number of alkyl halides is 3. The van der Waals surface area contributed by atoms with Crippen LogP contribution in [0.5, 0.6) is 5.75 Å². The lowest BCUT2D eigenvalue weighted by molar-refractivity contribution is -0.128. The highest BCUT2D eigenvalue weighted by atomic mass is 19.4. The van der Waals surface area contributed by atoms with Crippen molar-refractivity contribution in [1.29, 1.82) is 0 Å². The molecule has 0 aliphatic carbocycles. The van der Waals surface area contributed by atoms with Crippen molar-refractivity contribution in [3.63, 3.8) is 0 Å². The van der Waals surface area contributed by atoms with Crippen LogP contribution in [0.4, 0.5) is 13.2 Å². The van der Waals surface area contributed by atoms with Gasteiger partial charge in [0, 0.05) is 0 Å². The Morgan fingerprint density at radius 3 is 2.59 bits per heavy atom. The molecule has 0 unspecified atom stereocenters. The number of halogens is 3. The Morgan fingerprint density at radius 2 is 1.94 bits per heavy atom. The molecular weight excluding hydrogens is 237 g/mol. The Kier molecular flexibility index (Phi) is 2.74. The molecule has 90 valence electrons. The quantitative estimate of drug-likeness (QED) is 0.881. The monoisotopic (exact) mass is 244 g/mol. The van der Waals surface area contributed by atoms with Crippen molar-refractivity contribution >= 4 is 0 Å². The van der Waals surface area contributed by atoms with Crippen molar-refractivity contribution in [2.24, 2.45) is 0 Å². The van der Waals surface area contributed by atoms with Gasteiger partial charge >= 0.3 is 6.18 Å². The fourth-order valence-electron chi connectivity index (χ4n) is 1.27. The maximum atomic E-state index is 12.1. The normalized spacial score (nSPS) is 11.7. The molecule has 0 amide bonds.